The van der Waals surface area contributed by atoms with E-state index in [2.05, 4.69) is 0 Å². The van der Waals surface area contributed by atoms with Crippen LogP contribution in [0.25, 0.3) is 0 Å². The van der Waals surface area contributed by atoms with E-state index in [1.165, 1.54) is 17.0 Å². The van der Waals surface area contributed by atoms with E-state index in [1.807, 2.05) is 0 Å². The number of hydrogen-bond acceptors (Lipinski definition) is 3. The first-order valence-corrected chi connectivity index (χ1v) is 8.65. The normalized spacial score (nSPS) is 28.5. The van der Waals surface area contributed by atoms with E-state index in [-0.39, 0.29) is 6.61 Å². The molecule has 2 saturated heterocycles. The van der Waals surface area contributed by atoms with Crippen LogP contribution in [-0.4, -0.2) is 41.4 Å². The highest BCUT2D eigenvalue weighted by Crippen LogP contribution is 2.60. The first-order chi connectivity index (χ1) is 11.9. The van der Waals surface area contributed by atoms with Crippen LogP contribution < -0.4 is 0 Å². The Kier molecular flexibility index (Phi) is 4.30. The van der Waals surface area contributed by atoms with Gasteiger partial charge in [0.05, 0.1) is 12.2 Å². The molecule has 2 bridgehead atoms. The summed E-state index contributed by atoms with van der Waals surface area (Å²) in [5, 5.41) is 9.81. The van der Waals surface area contributed by atoms with Gasteiger partial charge in [-0.3, -0.25) is 0 Å². The minimum absolute atomic E-state index is 0.104. The van der Waals surface area contributed by atoms with Crippen molar-refractivity contribution >= 4 is 6.09 Å². The molecule has 0 atom stereocenters. The van der Waals surface area contributed by atoms with Gasteiger partial charge in [-0.2, -0.15) is 13.2 Å². The maximum Gasteiger partial charge on any atom is 0.416 e. The molecule has 4 nitrogen and oxygen atoms in total. The molecule has 0 aromatic heterocycles. The van der Waals surface area contributed by atoms with Crippen LogP contribution in [0.5, 0.6) is 0 Å². The second-order valence-electron chi connectivity index (χ2n) is 8.71. The van der Waals surface area contributed by atoms with Crippen molar-refractivity contribution in [3.8, 4) is 0 Å². The molecular weight excluding hydrogens is 347 g/mol. The first-order valence-electron chi connectivity index (χ1n) is 8.65. The minimum atomic E-state index is -4.41. The number of fused-ring (bicyclic) bond motifs is 2. The number of aliphatic hydroxyl groups excluding tert-OH is 1. The third-order valence-corrected chi connectivity index (χ3v) is 5.24. The van der Waals surface area contributed by atoms with E-state index in [0.29, 0.717) is 31.5 Å². The van der Waals surface area contributed by atoms with Crippen LogP contribution in [0.2, 0.25) is 0 Å². The summed E-state index contributed by atoms with van der Waals surface area (Å²) in [6.07, 6.45) is -3.77. The lowest BCUT2D eigenvalue weighted by atomic mass is 9.48. The van der Waals surface area contributed by atoms with Crippen molar-refractivity contribution in [1.82, 2.24) is 4.90 Å². The zero-order chi connectivity index (χ0) is 19.4. The van der Waals surface area contributed by atoms with Crippen LogP contribution >= 0.6 is 0 Å². The summed E-state index contributed by atoms with van der Waals surface area (Å²) in [5.74, 6) is 0. The molecule has 1 aliphatic carbocycles. The zero-order valence-electron chi connectivity index (χ0n) is 15.2. The molecule has 4 rings (SSSR count). The molecule has 7 heteroatoms. The highest BCUT2D eigenvalue weighted by atomic mass is 19.4. The summed E-state index contributed by atoms with van der Waals surface area (Å²) in [4.78, 5) is 14.0. The quantitative estimate of drug-likeness (QED) is 0.856. The van der Waals surface area contributed by atoms with Crippen molar-refractivity contribution in [2.75, 3.05) is 19.7 Å². The van der Waals surface area contributed by atoms with Crippen molar-refractivity contribution in [2.24, 2.45) is 5.41 Å². The highest BCUT2D eigenvalue weighted by Gasteiger charge is 2.61. The van der Waals surface area contributed by atoms with E-state index in [1.54, 1.807) is 26.8 Å². The first kappa shape index (κ1) is 19.0. The summed E-state index contributed by atoms with van der Waals surface area (Å²) in [6.45, 7) is 5.84. The Morgan fingerprint density at radius 3 is 2.42 bits per heavy atom. The van der Waals surface area contributed by atoms with Gasteiger partial charge in [-0.05, 0) is 45.2 Å². The Labute approximate surface area is 150 Å². The van der Waals surface area contributed by atoms with Crippen LogP contribution in [0.3, 0.4) is 0 Å². The predicted molar refractivity (Wildman–Crippen MR) is 89.7 cm³/mol. The van der Waals surface area contributed by atoms with Crippen molar-refractivity contribution in [1.29, 1.82) is 0 Å². The van der Waals surface area contributed by atoms with E-state index in [0.717, 1.165) is 6.07 Å². The molecule has 3 fully saturated rings. The largest absolute Gasteiger partial charge is 0.444 e. The van der Waals surface area contributed by atoms with Crippen LogP contribution in [-0.2, 0) is 16.3 Å². The standard InChI is InChI=1S/C19H24F3NO3/c1-16(2,3)26-15(25)23-10-17(12-24)8-18(9-17,11-23)13-5-4-6-14(7-13)19(20,21)22/h4-7,24H,8-12H2,1-3H3. The summed E-state index contributed by atoms with van der Waals surface area (Å²) < 4.78 is 44.7. The minimum Gasteiger partial charge on any atom is -0.444 e. The Hall–Kier alpha value is -1.76. The van der Waals surface area contributed by atoms with Gasteiger partial charge in [0, 0.05) is 23.9 Å². The third kappa shape index (κ3) is 3.41. The number of aliphatic hydroxyl groups is 1. The maximum absolute atomic E-state index is 13.1. The van der Waals surface area contributed by atoms with Gasteiger partial charge < -0.3 is 14.7 Å². The van der Waals surface area contributed by atoms with E-state index >= 15 is 0 Å². The molecule has 144 valence electrons. The lowest BCUT2D eigenvalue weighted by Crippen LogP contribution is -2.67. The van der Waals surface area contributed by atoms with Gasteiger partial charge in [-0.15, -0.1) is 0 Å². The summed E-state index contributed by atoms with van der Waals surface area (Å²) in [5.41, 5.74) is -1.83. The number of carbonyl (C=O) groups excluding carboxylic acids is 1. The summed E-state index contributed by atoms with van der Waals surface area (Å²) in [6, 6.07) is 5.29. The Morgan fingerprint density at radius 2 is 1.88 bits per heavy atom. The van der Waals surface area contributed by atoms with Gasteiger partial charge in [0.15, 0.2) is 0 Å². The molecule has 1 amide bonds. The fraction of sp³-hybridized carbons (Fsp3) is 0.632. The molecule has 0 radical (unpaired) electrons. The number of ether oxygens (including phenoxy) is 1. The molecule has 0 spiro atoms. The maximum atomic E-state index is 13.1. The highest BCUT2D eigenvalue weighted by molar-refractivity contribution is 5.69. The van der Waals surface area contributed by atoms with Crippen molar-refractivity contribution < 1.29 is 27.8 Å². The molecule has 2 aliphatic heterocycles. The van der Waals surface area contributed by atoms with Crippen molar-refractivity contribution in [2.45, 2.75) is 50.8 Å². The van der Waals surface area contributed by atoms with Gasteiger partial charge in [-0.1, -0.05) is 18.2 Å². The summed E-state index contributed by atoms with van der Waals surface area (Å²) >= 11 is 0. The van der Waals surface area contributed by atoms with Gasteiger partial charge in [0.25, 0.3) is 0 Å². The Balaban J connectivity index is 1.89. The monoisotopic (exact) mass is 371 g/mol. The molecule has 1 aromatic carbocycles. The lowest BCUT2D eigenvalue weighted by Gasteiger charge is -2.63. The third-order valence-electron chi connectivity index (χ3n) is 5.24. The van der Waals surface area contributed by atoms with Crippen LogP contribution in [0.15, 0.2) is 24.3 Å². The fourth-order valence-corrected chi connectivity index (χ4v) is 4.37. The van der Waals surface area contributed by atoms with Gasteiger partial charge in [-0.25, -0.2) is 4.79 Å². The van der Waals surface area contributed by atoms with Gasteiger partial charge >= 0.3 is 12.3 Å². The number of nitrogens with zero attached hydrogens (tertiary/aromatic N) is 1. The zero-order valence-corrected chi connectivity index (χ0v) is 15.2. The Bertz CT molecular complexity index is 703. The Morgan fingerprint density at radius 1 is 1.23 bits per heavy atom. The van der Waals surface area contributed by atoms with E-state index < -0.39 is 34.3 Å². The SMILES string of the molecule is CC(C)(C)OC(=O)N1CC2(CO)CC(c3cccc(C(F)(F)F)c3)(C1)C2. The molecule has 3 aliphatic rings. The fourth-order valence-electron chi connectivity index (χ4n) is 4.37. The molecule has 2 heterocycles. The van der Waals surface area contributed by atoms with Gasteiger partial charge in [0.2, 0.25) is 0 Å². The predicted octanol–water partition coefficient (Wildman–Crippen LogP) is 3.97. The second-order valence-corrected chi connectivity index (χ2v) is 8.71. The molecule has 0 unspecified atom stereocenters. The van der Waals surface area contributed by atoms with E-state index in [4.69, 9.17) is 4.74 Å². The molecular formula is C19H24F3NO3. The lowest BCUT2D eigenvalue weighted by molar-refractivity contribution is -0.138. The average molecular weight is 371 g/mol. The van der Waals surface area contributed by atoms with E-state index in [9.17, 15) is 23.1 Å². The summed E-state index contributed by atoms with van der Waals surface area (Å²) in [7, 11) is 0. The number of amides is 1. The second kappa shape index (κ2) is 5.87. The number of piperidine rings is 2. The van der Waals surface area contributed by atoms with Crippen LogP contribution in [0.1, 0.15) is 44.7 Å². The number of carbonyl (C=O) groups is 1. The number of hydrogen-bond donors (Lipinski definition) is 1. The van der Waals surface area contributed by atoms with Crippen LogP contribution in [0.4, 0.5) is 18.0 Å². The van der Waals surface area contributed by atoms with Crippen LogP contribution in [0, 0.1) is 5.41 Å². The number of benzene rings is 1. The molecule has 1 saturated carbocycles. The van der Waals surface area contributed by atoms with Crippen molar-refractivity contribution in [3.05, 3.63) is 35.4 Å². The molecule has 1 N–H and O–H groups in total. The smallest absolute Gasteiger partial charge is 0.416 e. The molecule has 26 heavy (non-hydrogen) atoms. The van der Waals surface area contributed by atoms with Gasteiger partial charge in [0.1, 0.15) is 5.60 Å². The number of alkyl halides is 3. The number of halogens is 3. The average Bonchev–Trinajstić information content (AvgIpc) is 2.51. The number of rotatable bonds is 2. The van der Waals surface area contributed by atoms with Crippen molar-refractivity contribution in [3.63, 3.8) is 0 Å². The topological polar surface area (TPSA) is 49.8 Å². The molecule has 1 aromatic rings.